The van der Waals surface area contributed by atoms with Crippen LogP contribution in [0.5, 0.6) is 0 Å². The van der Waals surface area contributed by atoms with Crippen molar-refractivity contribution in [3.63, 3.8) is 0 Å². The Kier molecular flexibility index (Phi) is 100.0. The van der Waals surface area contributed by atoms with Crippen molar-refractivity contribution < 1.29 is 70.0 Å². The van der Waals surface area contributed by atoms with E-state index in [1.807, 2.05) is 0 Å². The Hall–Kier alpha value is 3.73. The molecule has 0 aromatic heterocycles. The molecule has 0 N–H and O–H groups in total. The predicted molar refractivity (Wildman–Crippen MR) is 8.54 cm³/mol. The molecular formula is H2CrLaMnSr. The Morgan fingerprint density at radius 3 is 1.00 bits per heavy atom. The van der Waals surface area contributed by atoms with Crippen molar-refractivity contribution >= 4 is 45.5 Å². The Labute approximate surface area is 112 Å². The summed E-state index contributed by atoms with van der Waals surface area (Å²) in [5.74, 6) is 0. The number of rotatable bonds is 0. The van der Waals surface area contributed by atoms with E-state index in [0.29, 0.717) is 0 Å². The quantitative estimate of drug-likeness (QED) is 0.502. The second-order valence-corrected chi connectivity index (χ2v) is 0. The topological polar surface area (TPSA) is 0 Å². The van der Waals surface area contributed by atoms with Crippen molar-refractivity contribution in [2.45, 2.75) is 0 Å². The molecule has 20 valence electrons. The van der Waals surface area contributed by atoms with E-state index in [-0.39, 0.29) is 116 Å². The van der Waals surface area contributed by atoms with Crippen molar-refractivity contribution in [2.24, 2.45) is 0 Å². The van der Waals surface area contributed by atoms with Gasteiger partial charge in [0, 0.05) is 70.0 Å². The van der Waals surface area contributed by atoms with E-state index in [9.17, 15) is 0 Å². The van der Waals surface area contributed by atoms with Crippen molar-refractivity contribution in [1.29, 1.82) is 0 Å². The van der Waals surface area contributed by atoms with Gasteiger partial charge in [-0.1, -0.05) is 0 Å². The molecule has 0 nitrogen and oxygen atoms in total. The normalized spacial score (nSPS) is 0. The van der Waals surface area contributed by atoms with Crippen LogP contribution >= 0.6 is 0 Å². The molecule has 0 aromatic carbocycles. The summed E-state index contributed by atoms with van der Waals surface area (Å²) in [6, 6.07) is 0. The minimum atomic E-state index is 0. The van der Waals surface area contributed by atoms with Crippen molar-refractivity contribution in [2.75, 3.05) is 0 Å². The zero-order valence-corrected chi connectivity index (χ0v) is 7.44. The number of hydrogen-bond donors (Lipinski definition) is 0. The molecule has 0 unspecified atom stereocenters. The standard InChI is InChI=1S/Cr.La.Mn.Sr.2H. The molecule has 0 fully saturated rings. The molecule has 4 heavy (non-hydrogen) atoms. The van der Waals surface area contributed by atoms with E-state index in [1.165, 1.54) is 0 Å². The third-order valence-electron chi connectivity index (χ3n) is 0. The van der Waals surface area contributed by atoms with Crippen molar-refractivity contribution in [3.05, 3.63) is 0 Å². The second kappa shape index (κ2) is 15.9. The van der Waals surface area contributed by atoms with Crippen LogP contribution in [0.15, 0.2) is 0 Å². The predicted octanol–water partition coefficient (Wildman–Crippen LogP) is -0.921. The van der Waals surface area contributed by atoms with E-state index < -0.39 is 0 Å². The first-order chi connectivity index (χ1) is 0. The summed E-state index contributed by atoms with van der Waals surface area (Å²) in [5, 5.41) is 0. The molecule has 0 spiro atoms. The molecule has 0 saturated carbocycles. The van der Waals surface area contributed by atoms with Crippen LogP contribution in [0.1, 0.15) is 0 Å². The first-order valence-corrected chi connectivity index (χ1v) is 0. The number of hydrogen-bond acceptors (Lipinski definition) is 0. The SMILES string of the molecule is [Cr].[La].[Mn].[SrH2]. The average molecular weight is 335 g/mol. The van der Waals surface area contributed by atoms with Crippen LogP contribution < -0.4 is 0 Å². The minimum absolute atomic E-state index is 0. The van der Waals surface area contributed by atoms with Crippen LogP contribution in [0, 0.1) is 35.6 Å². The zero-order valence-electron chi connectivity index (χ0n) is 1.36. The molecular weight excluding hydrogens is 333 g/mol. The molecule has 0 aliphatic heterocycles. The van der Waals surface area contributed by atoms with E-state index in [4.69, 9.17) is 0 Å². The van der Waals surface area contributed by atoms with E-state index in [1.54, 1.807) is 0 Å². The summed E-state index contributed by atoms with van der Waals surface area (Å²) in [7, 11) is 0. The first-order valence-electron chi connectivity index (χ1n) is 0. The summed E-state index contributed by atoms with van der Waals surface area (Å²) in [6.07, 6.45) is 0. The van der Waals surface area contributed by atoms with Gasteiger partial charge in [0.25, 0.3) is 0 Å². The van der Waals surface area contributed by atoms with Gasteiger partial charge in [0.1, 0.15) is 0 Å². The maximum absolute atomic E-state index is 0. The Bertz CT molecular complexity index is 8.00. The van der Waals surface area contributed by atoms with Gasteiger partial charge < -0.3 is 0 Å². The van der Waals surface area contributed by atoms with E-state index in [0.717, 1.165) is 0 Å². The molecule has 0 saturated heterocycles. The molecule has 0 atom stereocenters. The van der Waals surface area contributed by atoms with Gasteiger partial charge in [-0.05, 0) is 0 Å². The van der Waals surface area contributed by atoms with Gasteiger partial charge in [-0.3, -0.25) is 0 Å². The molecule has 4 heteroatoms. The molecule has 2 radical (unpaired) electrons. The van der Waals surface area contributed by atoms with Gasteiger partial charge in [-0.2, -0.15) is 0 Å². The van der Waals surface area contributed by atoms with Gasteiger partial charge in [-0.15, -0.1) is 0 Å². The zero-order chi connectivity index (χ0) is 0. The Morgan fingerprint density at radius 2 is 1.00 bits per heavy atom. The summed E-state index contributed by atoms with van der Waals surface area (Å²) < 4.78 is 0. The third kappa shape index (κ3) is 9.21. The van der Waals surface area contributed by atoms with Crippen LogP contribution in [0.25, 0.3) is 0 Å². The molecule has 0 heterocycles. The fourth-order valence-electron chi connectivity index (χ4n) is 0. The maximum atomic E-state index is 0. The molecule has 0 rings (SSSR count). The molecule has 0 aliphatic rings. The summed E-state index contributed by atoms with van der Waals surface area (Å²) >= 11 is 0. The van der Waals surface area contributed by atoms with Gasteiger partial charge in [0.05, 0.1) is 0 Å². The molecule has 0 aliphatic carbocycles. The van der Waals surface area contributed by atoms with Crippen LogP contribution in [0.4, 0.5) is 0 Å². The van der Waals surface area contributed by atoms with Crippen LogP contribution in [-0.4, -0.2) is 45.5 Å². The fraction of sp³-hybridized carbons (Fsp3) is 0. The van der Waals surface area contributed by atoms with Crippen LogP contribution in [0.2, 0.25) is 0 Å². The molecule has 0 amide bonds. The van der Waals surface area contributed by atoms with Gasteiger partial charge in [-0.25, -0.2) is 0 Å². The van der Waals surface area contributed by atoms with Crippen molar-refractivity contribution in [3.8, 4) is 0 Å². The van der Waals surface area contributed by atoms with Gasteiger partial charge >= 0.3 is 45.5 Å². The van der Waals surface area contributed by atoms with Crippen molar-refractivity contribution in [1.82, 2.24) is 0 Å². The van der Waals surface area contributed by atoms with Crippen LogP contribution in [-0.2, 0) is 34.4 Å². The van der Waals surface area contributed by atoms with E-state index >= 15 is 0 Å². The molecule has 0 bridgehead atoms. The van der Waals surface area contributed by atoms with E-state index in [2.05, 4.69) is 0 Å². The Balaban J connectivity index is 0. The Morgan fingerprint density at radius 1 is 1.00 bits per heavy atom. The first kappa shape index (κ1) is 25.2. The summed E-state index contributed by atoms with van der Waals surface area (Å²) in [6.45, 7) is 0. The molecule has 0 aromatic rings. The third-order valence-corrected chi connectivity index (χ3v) is 0. The van der Waals surface area contributed by atoms with Gasteiger partial charge in [0.2, 0.25) is 0 Å². The monoisotopic (exact) mass is 336 g/mol. The summed E-state index contributed by atoms with van der Waals surface area (Å²) in [5.41, 5.74) is 0. The van der Waals surface area contributed by atoms with Crippen LogP contribution in [0.3, 0.4) is 0 Å². The average Bonchev–Trinajstić information content (AvgIpc) is 0. The van der Waals surface area contributed by atoms with Gasteiger partial charge in [0.15, 0.2) is 0 Å². The second-order valence-electron chi connectivity index (χ2n) is 0. The fourth-order valence-corrected chi connectivity index (χ4v) is 0. The summed E-state index contributed by atoms with van der Waals surface area (Å²) in [4.78, 5) is 0.